The van der Waals surface area contributed by atoms with Crippen LogP contribution in [0.2, 0.25) is 0 Å². The standard InChI is InChI=1S/C23H22N4O4S/c1-13-17(15(3)31-27-13)12-30-18-9-10-24-21(28)19(18)23-26-14(2)20(32-23)22(29)25-11-16-7-5-4-6-8-16/h4-10H,11-12H2,1-3H3,(H,24,28)(H,25,29). The monoisotopic (exact) mass is 450 g/mol. The van der Waals surface area contributed by atoms with Crippen LogP contribution in [0.1, 0.15) is 37.9 Å². The molecule has 3 aromatic heterocycles. The maximum absolute atomic E-state index is 12.7. The van der Waals surface area contributed by atoms with E-state index < -0.39 is 0 Å². The number of aromatic amines is 1. The zero-order chi connectivity index (χ0) is 22.7. The van der Waals surface area contributed by atoms with Crippen LogP contribution in [0.15, 0.2) is 51.9 Å². The van der Waals surface area contributed by atoms with Gasteiger partial charge in [-0.15, -0.1) is 11.3 Å². The van der Waals surface area contributed by atoms with Crippen LogP contribution < -0.4 is 15.6 Å². The van der Waals surface area contributed by atoms with Crippen LogP contribution in [0.3, 0.4) is 0 Å². The summed E-state index contributed by atoms with van der Waals surface area (Å²) in [6.07, 6.45) is 1.52. The zero-order valence-electron chi connectivity index (χ0n) is 17.9. The van der Waals surface area contributed by atoms with Crippen molar-refractivity contribution in [3.63, 3.8) is 0 Å². The molecule has 9 heteroatoms. The normalized spacial score (nSPS) is 10.8. The summed E-state index contributed by atoms with van der Waals surface area (Å²) >= 11 is 1.16. The highest BCUT2D eigenvalue weighted by atomic mass is 32.1. The van der Waals surface area contributed by atoms with E-state index in [9.17, 15) is 9.59 Å². The fraction of sp³-hybridized carbons (Fsp3) is 0.217. The highest BCUT2D eigenvalue weighted by molar-refractivity contribution is 7.17. The highest BCUT2D eigenvalue weighted by Gasteiger charge is 2.21. The molecule has 0 unspecified atom stereocenters. The maximum atomic E-state index is 12.7. The van der Waals surface area contributed by atoms with Crippen LogP contribution in [0.5, 0.6) is 5.75 Å². The Morgan fingerprint density at radius 2 is 1.94 bits per heavy atom. The molecule has 0 bridgehead atoms. The van der Waals surface area contributed by atoms with Crippen molar-refractivity contribution in [3.8, 4) is 16.3 Å². The Morgan fingerprint density at radius 1 is 1.16 bits per heavy atom. The number of hydrogen-bond acceptors (Lipinski definition) is 7. The lowest BCUT2D eigenvalue weighted by molar-refractivity contribution is 0.0954. The van der Waals surface area contributed by atoms with Gasteiger partial charge >= 0.3 is 0 Å². The Balaban J connectivity index is 1.57. The first-order valence-corrected chi connectivity index (χ1v) is 10.8. The predicted molar refractivity (Wildman–Crippen MR) is 121 cm³/mol. The topological polar surface area (TPSA) is 110 Å². The fourth-order valence-corrected chi connectivity index (χ4v) is 4.24. The molecule has 0 aliphatic carbocycles. The van der Waals surface area contributed by atoms with Gasteiger partial charge in [0.25, 0.3) is 11.5 Å². The SMILES string of the molecule is Cc1nc(-c2c(OCc3c(C)noc3C)cc[nH]c2=O)sc1C(=O)NCc1ccccc1. The number of aryl methyl sites for hydroxylation is 3. The molecule has 1 aromatic carbocycles. The van der Waals surface area contributed by atoms with Crippen molar-refractivity contribution in [2.75, 3.05) is 0 Å². The molecule has 0 saturated carbocycles. The summed E-state index contributed by atoms with van der Waals surface area (Å²) in [5, 5.41) is 7.25. The quantitative estimate of drug-likeness (QED) is 0.442. The third kappa shape index (κ3) is 4.47. The lowest BCUT2D eigenvalue weighted by Gasteiger charge is -2.09. The second-order valence-electron chi connectivity index (χ2n) is 7.24. The molecule has 3 heterocycles. The van der Waals surface area contributed by atoms with E-state index in [2.05, 4.69) is 20.4 Å². The van der Waals surface area contributed by atoms with Crippen LogP contribution in [-0.2, 0) is 13.2 Å². The van der Waals surface area contributed by atoms with Crippen molar-refractivity contribution in [1.29, 1.82) is 0 Å². The number of carbonyl (C=O) groups excluding carboxylic acids is 1. The van der Waals surface area contributed by atoms with Gasteiger partial charge in [0.05, 0.1) is 17.0 Å². The van der Waals surface area contributed by atoms with E-state index in [0.29, 0.717) is 33.6 Å². The van der Waals surface area contributed by atoms with Crippen molar-refractivity contribution in [1.82, 2.24) is 20.4 Å². The minimum absolute atomic E-state index is 0.201. The molecule has 0 radical (unpaired) electrons. The smallest absolute Gasteiger partial charge is 0.263 e. The number of thiazole rings is 1. The van der Waals surface area contributed by atoms with E-state index in [1.165, 1.54) is 6.20 Å². The van der Waals surface area contributed by atoms with Gasteiger partial charge in [0.2, 0.25) is 0 Å². The molecule has 4 aromatic rings. The van der Waals surface area contributed by atoms with Crippen LogP contribution >= 0.6 is 11.3 Å². The van der Waals surface area contributed by atoms with Crippen LogP contribution in [-0.4, -0.2) is 21.0 Å². The van der Waals surface area contributed by atoms with Gasteiger partial charge in [0.1, 0.15) is 33.6 Å². The Hall–Kier alpha value is -3.72. The molecule has 164 valence electrons. The number of pyridine rings is 1. The summed E-state index contributed by atoms with van der Waals surface area (Å²) in [6.45, 7) is 6.00. The van der Waals surface area contributed by atoms with Crippen molar-refractivity contribution < 1.29 is 14.1 Å². The first-order valence-electron chi connectivity index (χ1n) is 10.00. The summed E-state index contributed by atoms with van der Waals surface area (Å²) < 4.78 is 11.1. The van der Waals surface area contributed by atoms with Gasteiger partial charge in [-0.1, -0.05) is 35.5 Å². The van der Waals surface area contributed by atoms with E-state index in [1.54, 1.807) is 13.0 Å². The maximum Gasteiger partial charge on any atom is 0.263 e. The Labute approximate surface area is 188 Å². The number of rotatable bonds is 7. The first-order chi connectivity index (χ1) is 15.4. The van der Waals surface area contributed by atoms with Gasteiger partial charge in [0, 0.05) is 12.7 Å². The molecule has 0 atom stereocenters. The molecule has 0 aliphatic rings. The Morgan fingerprint density at radius 3 is 2.66 bits per heavy atom. The van der Waals surface area contributed by atoms with Gasteiger partial charge < -0.3 is 19.6 Å². The first kappa shape index (κ1) is 21.5. The second-order valence-corrected chi connectivity index (χ2v) is 8.24. The molecular weight excluding hydrogens is 428 g/mol. The van der Waals surface area contributed by atoms with E-state index in [4.69, 9.17) is 9.26 Å². The summed E-state index contributed by atoms with van der Waals surface area (Å²) in [7, 11) is 0. The van der Waals surface area contributed by atoms with Gasteiger partial charge in [-0.25, -0.2) is 4.98 Å². The fourth-order valence-electron chi connectivity index (χ4n) is 3.21. The minimum atomic E-state index is -0.341. The molecule has 0 aliphatic heterocycles. The van der Waals surface area contributed by atoms with Gasteiger partial charge in [-0.3, -0.25) is 9.59 Å². The lowest BCUT2D eigenvalue weighted by Crippen LogP contribution is -2.22. The zero-order valence-corrected chi connectivity index (χ0v) is 18.7. The Kier molecular flexibility index (Phi) is 6.18. The van der Waals surface area contributed by atoms with E-state index in [-0.39, 0.29) is 23.6 Å². The average Bonchev–Trinajstić information content (AvgIpc) is 3.32. The van der Waals surface area contributed by atoms with E-state index >= 15 is 0 Å². The lowest BCUT2D eigenvalue weighted by atomic mass is 10.2. The number of H-pyrrole nitrogens is 1. The van der Waals surface area contributed by atoms with Crippen molar-refractivity contribution in [2.45, 2.75) is 33.9 Å². The van der Waals surface area contributed by atoms with Gasteiger partial charge in [-0.05, 0) is 32.4 Å². The minimum Gasteiger partial charge on any atom is -0.488 e. The summed E-state index contributed by atoms with van der Waals surface area (Å²) in [5.74, 6) is 0.802. The molecule has 1 amide bonds. The van der Waals surface area contributed by atoms with E-state index in [0.717, 1.165) is 28.2 Å². The molecule has 32 heavy (non-hydrogen) atoms. The molecular formula is C23H22N4O4S. The summed E-state index contributed by atoms with van der Waals surface area (Å²) in [4.78, 5) is 33.0. The van der Waals surface area contributed by atoms with Crippen molar-refractivity contribution >= 4 is 17.2 Å². The highest BCUT2D eigenvalue weighted by Crippen LogP contribution is 2.32. The molecule has 4 rings (SSSR count). The van der Waals surface area contributed by atoms with Crippen LogP contribution in [0, 0.1) is 20.8 Å². The molecule has 0 spiro atoms. The molecule has 8 nitrogen and oxygen atoms in total. The number of amides is 1. The third-order valence-electron chi connectivity index (χ3n) is 4.99. The number of carbonyl (C=O) groups is 1. The second kappa shape index (κ2) is 9.19. The molecule has 0 saturated heterocycles. The third-order valence-corrected chi connectivity index (χ3v) is 6.16. The van der Waals surface area contributed by atoms with Crippen molar-refractivity contribution in [3.05, 3.63) is 86.1 Å². The number of nitrogens with one attached hydrogen (secondary N) is 2. The number of ether oxygens (including phenoxy) is 1. The van der Waals surface area contributed by atoms with E-state index in [1.807, 2.05) is 44.2 Å². The van der Waals surface area contributed by atoms with Crippen LogP contribution in [0.25, 0.3) is 10.6 Å². The number of nitrogens with zero attached hydrogens (tertiary/aromatic N) is 2. The largest absolute Gasteiger partial charge is 0.488 e. The molecule has 2 N–H and O–H groups in total. The number of hydrogen-bond donors (Lipinski definition) is 2. The summed E-state index contributed by atoms with van der Waals surface area (Å²) in [6, 6.07) is 11.3. The number of benzene rings is 1. The predicted octanol–water partition coefficient (Wildman–Crippen LogP) is 3.92. The van der Waals surface area contributed by atoms with Gasteiger partial charge in [-0.2, -0.15) is 0 Å². The average molecular weight is 451 g/mol. The van der Waals surface area contributed by atoms with Crippen molar-refractivity contribution in [2.24, 2.45) is 0 Å². The molecule has 0 fully saturated rings. The van der Waals surface area contributed by atoms with Crippen LogP contribution in [0.4, 0.5) is 0 Å². The summed E-state index contributed by atoms with van der Waals surface area (Å²) in [5.41, 5.74) is 3.05. The van der Waals surface area contributed by atoms with Gasteiger partial charge in [0.15, 0.2) is 0 Å². The Bertz CT molecular complexity index is 1290. The number of aromatic nitrogens is 3.